The molecule has 1 aliphatic heterocycles. The average molecular weight is 269 g/mol. The van der Waals surface area contributed by atoms with Gasteiger partial charge in [-0.1, -0.05) is 11.8 Å². The van der Waals surface area contributed by atoms with E-state index in [1.54, 1.807) is 11.7 Å². The maximum atomic E-state index is 12.3. The second-order valence-electron chi connectivity index (χ2n) is 4.80. The van der Waals surface area contributed by atoms with Gasteiger partial charge in [0, 0.05) is 19.1 Å². The van der Waals surface area contributed by atoms with Crippen LogP contribution < -0.4 is 0 Å². The molecule has 0 bridgehead atoms. The number of carbonyl (C=O) groups excluding carboxylic acids is 1. The highest BCUT2D eigenvalue weighted by atomic mass is 32.2. The summed E-state index contributed by atoms with van der Waals surface area (Å²) in [5.74, 6) is 0.589. The Balaban J connectivity index is 1.93. The highest BCUT2D eigenvalue weighted by Crippen LogP contribution is 2.24. The molecule has 18 heavy (non-hydrogen) atoms. The number of nitrogens with zero attached hydrogens (tertiary/aromatic N) is 5. The standard InChI is InChI=1S/C11H19N5OS/c1-8-5-4-6-9(2)16(8)10(17)7-18-11-12-13-14-15(11)3/h8-9H,4-7H2,1-3H3. The van der Waals surface area contributed by atoms with Gasteiger partial charge in [-0.15, -0.1) is 5.10 Å². The molecule has 0 spiro atoms. The van der Waals surface area contributed by atoms with Crippen molar-refractivity contribution in [1.82, 2.24) is 25.1 Å². The molecule has 1 aliphatic rings. The Morgan fingerprint density at radius 3 is 2.61 bits per heavy atom. The van der Waals surface area contributed by atoms with Gasteiger partial charge in [0.2, 0.25) is 11.1 Å². The van der Waals surface area contributed by atoms with Gasteiger partial charge >= 0.3 is 0 Å². The van der Waals surface area contributed by atoms with Crippen molar-refractivity contribution in [3.05, 3.63) is 0 Å². The Kier molecular flexibility index (Phi) is 4.21. The van der Waals surface area contributed by atoms with Crippen molar-refractivity contribution >= 4 is 17.7 Å². The minimum Gasteiger partial charge on any atom is -0.337 e. The third-order valence-corrected chi connectivity index (χ3v) is 4.38. The smallest absolute Gasteiger partial charge is 0.233 e. The molecule has 2 unspecified atom stereocenters. The van der Waals surface area contributed by atoms with Crippen LogP contribution in [0.3, 0.4) is 0 Å². The normalized spacial score (nSPS) is 24.3. The second-order valence-corrected chi connectivity index (χ2v) is 5.75. The van der Waals surface area contributed by atoms with Gasteiger partial charge in [0.1, 0.15) is 0 Å². The SMILES string of the molecule is CC1CCCC(C)N1C(=O)CSc1nnnn1C. The van der Waals surface area contributed by atoms with Crippen molar-refractivity contribution in [1.29, 1.82) is 0 Å². The van der Waals surface area contributed by atoms with Crippen LogP contribution in [0.1, 0.15) is 33.1 Å². The number of likely N-dealkylation sites (tertiary alicyclic amines) is 1. The van der Waals surface area contributed by atoms with E-state index in [0.29, 0.717) is 23.0 Å². The minimum absolute atomic E-state index is 0.183. The first-order chi connectivity index (χ1) is 8.59. The van der Waals surface area contributed by atoms with Crippen LogP contribution in [-0.4, -0.2) is 48.9 Å². The molecule has 2 rings (SSSR count). The fraction of sp³-hybridized carbons (Fsp3) is 0.818. The Morgan fingerprint density at radius 2 is 2.06 bits per heavy atom. The molecule has 1 aromatic heterocycles. The third-order valence-electron chi connectivity index (χ3n) is 3.39. The zero-order valence-corrected chi connectivity index (χ0v) is 11.9. The van der Waals surface area contributed by atoms with Gasteiger partial charge in [0.25, 0.3) is 0 Å². The van der Waals surface area contributed by atoms with Crippen molar-refractivity contribution < 1.29 is 4.79 Å². The van der Waals surface area contributed by atoms with E-state index in [1.807, 2.05) is 4.90 Å². The lowest BCUT2D eigenvalue weighted by Gasteiger charge is -2.39. The number of piperidine rings is 1. The molecule has 1 aromatic rings. The summed E-state index contributed by atoms with van der Waals surface area (Å²) in [6, 6.07) is 0.693. The number of tetrazole rings is 1. The number of aryl methyl sites for hydroxylation is 1. The van der Waals surface area contributed by atoms with Gasteiger partial charge < -0.3 is 4.90 Å². The topological polar surface area (TPSA) is 63.9 Å². The molecule has 0 saturated carbocycles. The zero-order chi connectivity index (χ0) is 13.1. The summed E-state index contributed by atoms with van der Waals surface area (Å²) in [6.07, 6.45) is 3.42. The summed E-state index contributed by atoms with van der Waals surface area (Å²) < 4.78 is 1.58. The van der Waals surface area contributed by atoms with Crippen molar-refractivity contribution in [3.8, 4) is 0 Å². The Labute approximate surface area is 111 Å². The molecular formula is C11H19N5OS. The fourth-order valence-corrected chi connectivity index (χ4v) is 3.18. The average Bonchev–Trinajstić information content (AvgIpc) is 2.72. The zero-order valence-electron chi connectivity index (χ0n) is 11.0. The van der Waals surface area contributed by atoms with Crippen molar-refractivity contribution in [2.75, 3.05) is 5.75 Å². The van der Waals surface area contributed by atoms with E-state index in [0.717, 1.165) is 12.8 Å². The first-order valence-corrected chi connectivity index (χ1v) is 7.24. The molecule has 2 heterocycles. The molecule has 0 aliphatic carbocycles. The van der Waals surface area contributed by atoms with Crippen LogP contribution in [0.5, 0.6) is 0 Å². The van der Waals surface area contributed by atoms with E-state index in [1.165, 1.54) is 18.2 Å². The summed E-state index contributed by atoms with van der Waals surface area (Å²) in [5.41, 5.74) is 0. The molecule has 6 nitrogen and oxygen atoms in total. The van der Waals surface area contributed by atoms with Gasteiger partial charge in [0.05, 0.1) is 5.75 Å². The molecular weight excluding hydrogens is 250 g/mol. The van der Waals surface area contributed by atoms with E-state index >= 15 is 0 Å². The van der Waals surface area contributed by atoms with E-state index in [4.69, 9.17) is 0 Å². The van der Waals surface area contributed by atoms with Gasteiger partial charge in [-0.2, -0.15) is 0 Å². The largest absolute Gasteiger partial charge is 0.337 e. The summed E-state index contributed by atoms with van der Waals surface area (Å²) in [4.78, 5) is 14.3. The van der Waals surface area contributed by atoms with Gasteiger partial charge in [-0.3, -0.25) is 4.79 Å². The molecule has 1 saturated heterocycles. The predicted molar refractivity (Wildman–Crippen MR) is 69.1 cm³/mol. The number of hydrogen-bond acceptors (Lipinski definition) is 5. The highest BCUT2D eigenvalue weighted by Gasteiger charge is 2.28. The van der Waals surface area contributed by atoms with Gasteiger partial charge in [0.15, 0.2) is 0 Å². The van der Waals surface area contributed by atoms with E-state index in [2.05, 4.69) is 29.4 Å². The first-order valence-electron chi connectivity index (χ1n) is 6.26. The quantitative estimate of drug-likeness (QED) is 0.769. The monoisotopic (exact) mass is 269 g/mol. The van der Waals surface area contributed by atoms with Gasteiger partial charge in [-0.05, 0) is 43.5 Å². The number of carbonyl (C=O) groups is 1. The van der Waals surface area contributed by atoms with Crippen LogP contribution in [0.15, 0.2) is 5.16 Å². The van der Waals surface area contributed by atoms with E-state index in [-0.39, 0.29) is 5.91 Å². The summed E-state index contributed by atoms with van der Waals surface area (Å²) in [6.45, 7) is 4.25. The van der Waals surface area contributed by atoms with E-state index in [9.17, 15) is 4.79 Å². The van der Waals surface area contributed by atoms with Crippen LogP contribution in [0.4, 0.5) is 0 Å². The summed E-state index contributed by atoms with van der Waals surface area (Å²) in [5, 5.41) is 11.9. The Morgan fingerprint density at radius 1 is 1.39 bits per heavy atom. The first kappa shape index (κ1) is 13.3. The van der Waals surface area contributed by atoms with Crippen LogP contribution in [0.25, 0.3) is 0 Å². The van der Waals surface area contributed by atoms with Crippen LogP contribution >= 0.6 is 11.8 Å². The lowest BCUT2D eigenvalue weighted by atomic mass is 9.98. The fourth-order valence-electron chi connectivity index (χ4n) is 2.46. The van der Waals surface area contributed by atoms with Crippen molar-refractivity contribution in [3.63, 3.8) is 0 Å². The third kappa shape index (κ3) is 2.82. The molecule has 7 heteroatoms. The molecule has 0 radical (unpaired) electrons. The highest BCUT2D eigenvalue weighted by molar-refractivity contribution is 7.99. The van der Waals surface area contributed by atoms with Crippen LogP contribution in [-0.2, 0) is 11.8 Å². The number of amides is 1. The number of rotatable bonds is 3. The summed E-state index contributed by atoms with van der Waals surface area (Å²) >= 11 is 1.40. The lowest BCUT2D eigenvalue weighted by Crippen LogP contribution is -2.48. The summed E-state index contributed by atoms with van der Waals surface area (Å²) in [7, 11) is 1.78. The van der Waals surface area contributed by atoms with Crippen molar-refractivity contribution in [2.45, 2.75) is 50.4 Å². The predicted octanol–water partition coefficient (Wildman–Crippen LogP) is 1.09. The second kappa shape index (κ2) is 5.69. The van der Waals surface area contributed by atoms with Crippen molar-refractivity contribution in [2.24, 2.45) is 7.05 Å². The van der Waals surface area contributed by atoms with Gasteiger partial charge in [-0.25, -0.2) is 4.68 Å². The minimum atomic E-state index is 0.183. The van der Waals surface area contributed by atoms with Crippen LogP contribution in [0, 0.1) is 0 Å². The maximum Gasteiger partial charge on any atom is 0.233 e. The molecule has 0 aromatic carbocycles. The Bertz CT molecular complexity index is 411. The molecule has 100 valence electrons. The number of hydrogen-bond donors (Lipinski definition) is 0. The number of aromatic nitrogens is 4. The molecule has 1 fully saturated rings. The molecule has 2 atom stereocenters. The molecule has 1 amide bonds. The molecule has 0 N–H and O–H groups in total. The Hall–Kier alpha value is -1.11. The maximum absolute atomic E-state index is 12.3. The van der Waals surface area contributed by atoms with Crippen LogP contribution in [0.2, 0.25) is 0 Å². The number of thioether (sulfide) groups is 1. The van der Waals surface area contributed by atoms with E-state index < -0.39 is 0 Å². The lowest BCUT2D eigenvalue weighted by molar-refractivity contribution is -0.134.